The van der Waals surface area contributed by atoms with Gasteiger partial charge in [-0.3, -0.25) is 4.21 Å². The quantitative estimate of drug-likeness (QED) is 0.913. The lowest BCUT2D eigenvalue weighted by Gasteiger charge is -2.23. The standard InChI is InChI=1S/C14H17N3OS/c1-10-14(16-11-6-8-19(18)9-7-11)17-13-5-3-2-4-12(13)15-10/h2-5,11H,6-9H2,1H3,(H,16,17). The number of anilines is 1. The number of aryl methyl sites for hydroxylation is 1. The highest BCUT2D eigenvalue weighted by molar-refractivity contribution is 7.85. The molecule has 0 spiro atoms. The second-order valence-electron chi connectivity index (χ2n) is 4.91. The van der Waals surface area contributed by atoms with Gasteiger partial charge in [-0.25, -0.2) is 9.97 Å². The van der Waals surface area contributed by atoms with Gasteiger partial charge >= 0.3 is 0 Å². The molecule has 1 saturated heterocycles. The van der Waals surface area contributed by atoms with E-state index in [-0.39, 0.29) is 0 Å². The van der Waals surface area contributed by atoms with Crippen LogP contribution in [0.3, 0.4) is 0 Å². The third kappa shape index (κ3) is 2.76. The molecule has 100 valence electrons. The van der Waals surface area contributed by atoms with Crippen LogP contribution in [0.2, 0.25) is 0 Å². The smallest absolute Gasteiger partial charge is 0.148 e. The summed E-state index contributed by atoms with van der Waals surface area (Å²) in [5, 5.41) is 3.45. The van der Waals surface area contributed by atoms with E-state index in [0.717, 1.165) is 46.9 Å². The van der Waals surface area contributed by atoms with Gasteiger partial charge in [-0.1, -0.05) is 12.1 Å². The van der Waals surface area contributed by atoms with Crippen molar-refractivity contribution < 1.29 is 4.21 Å². The first kappa shape index (κ1) is 12.5. The zero-order chi connectivity index (χ0) is 13.2. The molecule has 0 saturated carbocycles. The molecule has 4 nitrogen and oxygen atoms in total. The predicted molar refractivity (Wildman–Crippen MR) is 78.8 cm³/mol. The number of para-hydroxylation sites is 2. The van der Waals surface area contributed by atoms with E-state index >= 15 is 0 Å². The predicted octanol–water partition coefficient (Wildman–Crippen LogP) is 2.26. The minimum Gasteiger partial charge on any atom is -0.366 e. The molecule has 3 rings (SSSR count). The molecule has 1 aliphatic rings. The normalized spacial score (nSPS) is 23.4. The Balaban J connectivity index is 1.84. The lowest BCUT2D eigenvalue weighted by atomic mass is 10.1. The molecule has 0 radical (unpaired) electrons. The molecule has 5 heteroatoms. The van der Waals surface area contributed by atoms with Crippen molar-refractivity contribution in [1.82, 2.24) is 9.97 Å². The summed E-state index contributed by atoms with van der Waals surface area (Å²) in [6.07, 6.45) is 1.89. The Labute approximate surface area is 115 Å². The summed E-state index contributed by atoms with van der Waals surface area (Å²) in [6, 6.07) is 8.26. The molecule has 0 aliphatic carbocycles. The number of nitrogens with zero attached hydrogens (tertiary/aromatic N) is 2. The molecule has 0 amide bonds. The van der Waals surface area contributed by atoms with Gasteiger partial charge in [-0.05, 0) is 31.9 Å². The number of hydrogen-bond donors (Lipinski definition) is 1. The first-order valence-electron chi connectivity index (χ1n) is 6.57. The van der Waals surface area contributed by atoms with Gasteiger partial charge < -0.3 is 5.32 Å². The fourth-order valence-corrected chi connectivity index (χ4v) is 3.66. The molecular weight excluding hydrogens is 258 g/mol. The van der Waals surface area contributed by atoms with Gasteiger partial charge in [0.15, 0.2) is 0 Å². The summed E-state index contributed by atoms with van der Waals surface area (Å²) >= 11 is 0. The van der Waals surface area contributed by atoms with E-state index in [2.05, 4.69) is 15.3 Å². The van der Waals surface area contributed by atoms with Crippen LogP contribution >= 0.6 is 0 Å². The molecule has 1 N–H and O–H groups in total. The molecule has 1 fully saturated rings. The number of hydrogen-bond acceptors (Lipinski definition) is 4. The van der Waals surface area contributed by atoms with Crippen molar-refractivity contribution in [3.8, 4) is 0 Å². The number of aromatic nitrogens is 2. The van der Waals surface area contributed by atoms with Crippen LogP contribution in [0, 0.1) is 6.92 Å². The highest BCUT2D eigenvalue weighted by atomic mass is 32.2. The molecule has 1 aromatic carbocycles. The van der Waals surface area contributed by atoms with Gasteiger partial charge in [0.25, 0.3) is 0 Å². The molecule has 1 aromatic heterocycles. The van der Waals surface area contributed by atoms with Crippen LogP contribution in [-0.4, -0.2) is 31.7 Å². The summed E-state index contributed by atoms with van der Waals surface area (Å²) in [5.74, 6) is 2.44. The van der Waals surface area contributed by atoms with Gasteiger partial charge in [-0.2, -0.15) is 0 Å². The van der Waals surface area contributed by atoms with Crippen LogP contribution in [-0.2, 0) is 10.8 Å². The maximum Gasteiger partial charge on any atom is 0.148 e. The number of rotatable bonds is 2. The average Bonchev–Trinajstić information content (AvgIpc) is 2.42. The van der Waals surface area contributed by atoms with E-state index in [9.17, 15) is 4.21 Å². The Morgan fingerprint density at radius 1 is 1.16 bits per heavy atom. The van der Waals surface area contributed by atoms with Crippen LogP contribution < -0.4 is 5.32 Å². The second-order valence-corrected chi connectivity index (χ2v) is 6.61. The average molecular weight is 275 g/mol. The van der Waals surface area contributed by atoms with E-state index in [1.54, 1.807) is 0 Å². The Morgan fingerprint density at radius 3 is 2.47 bits per heavy atom. The van der Waals surface area contributed by atoms with Crippen molar-refractivity contribution in [3.63, 3.8) is 0 Å². The van der Waals surface area contributed by atoms with Crippen LogP contribution in [0.4, 0.5) is 5.82 Å². The van der Waals surface area contributed by atoms with Gasteiger partial charge in [-0.15, -0.1) is 0 Å². The van der Waals surface area contributed by atoms with Crippen LogP contribution in [0.1, 0.15) is 18.5 Å². The van der Waals surface area contributed by atoms with Crippen LogP contribution in [0.15, 0.2) is 24.3 Å². The molecule has 2 heterocycles. The minimum atomic E-state index is -0.623. The van der Waals surface area contributed by atoms with Crippen LogP contribution in [0.25, 0.3) is 11.0 Å². The Hall–Kier alpha value is -1.49. The van der Waals surface area contributed by atoms with Crippen LogP contribution in [0.5, 0.6) is 0 Å². The zero-order valence-electron chi connectivity index (χ0n) is 10.9. The fourth-order valence-electron chi connectivity index (χ4n) is 2.36. The minimum absolute atomic E-state index is 0.367. The highest BCUT2D eigenvalue weighted by Crippen LogP contribution is 2.19. The summed E-state index contributed by atoms with van der Waals surface area (Å²) in [6.45, 7) is 1.97. The lowest BCUT2D eigenvalue weighted by molar-refractivity contribution is 0.622. The second kappa shape index (κ2) is 5.25. The lowest BCUT2D eigenvalue weighted by Crippen LogP contribution is -2.30. The first-order chi connectivity index (χ1) is 9.22. The van der Waals surface area contributed by atoms with E-state index in [0.29, 0.717) is 6.04 Å². The molecule has 0 atom stereocenters. The SMILES string of the molecule is Cc1nc2ccccc2nc1NC1CCS(=O)CC1. The molecular formula is C14H17N3OS. The van der Waals surface area contributed by atoms with Crippen molar-refractivity contribution in [3.05, 3.63) is 30.0 Å². The number of fused-ring (bicyclic) bond motifs is 1. The van der Waals surface area contributed by atoms with Crippen molar-refractivity contribution in [2.45, 2.75) is 25.8 Å². The van der Waals surface area contributed by atoms with Crippen molar-refractivity contribution in [2.75, 3.05) is 16.8 Å². The van der Waals surface area contributed by atoms with Crippen molar-refractivity contribution >= 4 is 27.7 Å². The number of benzene rings is 1. The topological polar surface area (TPSA) is 54.9 Å². The van der Waals surface area contributed by atoms with E-state index in [1.807, 2.05) is 31.2 Å². The summed E-state index contributed by atoms with van der Waals surface area (Å²) in [5.41, 5.74) is 2.76. The molecule has 19 heavy (non-hydrogen) atoms. The summed E-state index contributed by atoms with van der Waals surface area (Å²) in [7, 11) is -0.623. The van der Waals surface area contributed by atoms with Gasteiger partial charge in [0.1, 0.15) is 5.82 Å². The van der Waals surface area contributed by atoms with Gasteiger partial charge in [0, 0.05) is 28.3 Å². The van der Waals surface area contributed by atoms with Crippen molar-refractivity contribution in [2.24, 2.45) is 0 Å². The maximum absolute atomic E-state index is 11.4. The van der Waals surface area contributed by atoms with Gasteiger partial charge in [0.2, 0.25) is 0 Å². The highest BCUT2D eigenvalue weighted by Gasteiger charge is 2.19. The largest absolute Gasteiger partial charge is 0.366 e. The van der Waals surface area contributed by atoms with E-state index in [4.69, 9.17) is 0 Å². The van der Waals surface area contributed by atoms with Gasteiger partial charge in [0.05, 0.1) is 16.7 Å². The third-order valence-corrected chi connectivity index (χ3v) is 4.86. The van der Waals surface area contributed by atoms with E-state index in [1.165, 1.54) is 0 Å². The number of nitrogens with one attached hydrogen (secondary N) is 1. The molecule has 1 aliphatic heterocycles. The zero-order valence-corrected chi connectivity index (χ0v) is 11.7. The fraction of sp³-hybridized carbons (Fsp3) is 0.429. The van der Waals surface area contributed by atoms with Crippen molar-refractivity contribution in [1.29, 1.82) is 0 Å². The van der Waals surface area contributed by atoms with E-state index < -0.39 is 10.8 Å². The molecule has 0 bridgehead atoms. The molecule has 2 aromatic rings. The third-order valence-electron chi connectivity index (χ3n) is 3.47. The Kier molecular flexibility index (Phi) is 3.46. The monoisotopic (exact) mass is 275 g/mol. The molecule has 0 unspecified atom stereocenters. The maximum atomic E-state index is 11.4. The summed E-state index contributed by atoms with van der Waals surface area (Å²) < 4.78 is 11.4. The first-order valence-corrected chi connectivity index (χ1v) is 8.06. The summed E-state index contributed by atoms with van der Waals surface area (Å²) in [4.78, 5) is 9.21. The Bertz CT molecular complexity index is 619. The Morgan fingerprint density at radius 2 is 1.79 bits per heavy atom.